The summed E-state index contributed by atoms with van der Waals surface area (Å²) in [6.45, 7) is 6.65. The van der Waals surface area contributed by atoms with Gasteiger partial charge < -0.3 is 20.3 Å². The first-order valence-electron chi connectivity index (χ1n) is 6.98. The van der Waals surface area contributed by atoms with Gasteiger partial charge in [-0.1, -0.05) is 30.3 Å². The van der Waals surface area contributed by atoms with Gasteiger partial charge in [0.2, 0.25) is 5.54 Å². The molecule has 2 atom stereocenters. The third-order valence-electron chi connectivity index (χ3n) is 3.08. The van der Waals surface area contributed by atoms with Crippen molar-refractivity contribution in [1.82, 2.24) is 0 Å². The van der Waals surface area contributed by atoms with Crippen LogP contribution in [0.2, 0.25) is 0 Å². The molecule has 0 aromatic heterocycles. The van der Waals surface area contributed by atoms with Crippen LogP contribution in [0.5, 0.6) is 0 Å². The van der Waals surface area contributed by atoms with Crippen LogP contribution in [0.3, 0.4) is 0 Å². The third kappa shape index (κ3) is 4.54. The first-order chi connectivity index (χ1) is 10.1. The molecule has 6 nitrogen and oxygen atoms in total. The standard InChI is InChI=1S/C16H23NO5/c1-11(22-15(2,3)4)16(17,13(18)19)14(20)21-10-12-8-6-5-7-9-12/h5-9,11H,10,17H2,1-4H3,(H,18,19). The molecule has 3 N–H and O–H groups in total. The van der Waals surface area contributed by atoms with Gasteiger partial charge in [-0.25, -0.2) is 9.59 Å². The van der Waals surface area contributed by atoms with Gasteiger partial charge in [-0.05, 0) is 33.3 Å². The fourth-order valence-corrected chi connectivity index (χ4v) is 1.89. The molecule has 122 valence electrons. The SMILES string of the molecule is CC(OC(C)(C)C)C(N)(C(=O)O)C(=O)OCc1ccccc1. The molecule has 0 aliphatic carbocycles. The van der Waals surface area contributed by atoms with Crippen LogP contribution in [0.15, 0.2) is 30.3 Å². The first-order valence-corrected chi connectivity index (χ1v) is 6.98. The Balaban J connectivity index is 2.84. The van der Waals surface area contributed by atoms with E-state index >= 15 is 0 Å². The van der Waals surface area contributed by atoms with Crippen LogP contribution in [-0.4, -0.2) is 34.3 Å². The topological polar surface area (TPSA) is 98.9 Å². The smallest absolute Gasteiger partial charge is 0.340 e. The maximum Gasteiger partial charge on any atom is 0.340 e. The Morgan fingerprint density at radius 1 is 1.23 bits per heavy atom. The van der Waals surface area contributed by atoms with Crippen LogP contribution in [0.1, 0.15) is 33.3 Å². The number of nitrogens with two attached hydrogens (primary N) is 1. The number of hydrogen-bond acceptors (Lipinski definition) is 5. The van der Waals surface area contributed by atoms with E-state index in [2.05, 4.69) is 0 Å². The van der Waals surface area contributed by atoms with Gasteiger partial charge in [-0.15, -0.1) is 0 Å². The van der Waals surface area contributed by atoms with Crippen molar-refractivity contribution in [1.29, 1.82) is 0 Å². The molecule has 0 fully saturated rings. The minimum Gasteiger partial charge on any atom is -0.479 e. The van der Waals surface area contributed by atoms with E-state index in [9.17, 15) is 14.7 Å². The van der Waals surface area contributed by atoms with Gasteiger partial charge in [-0.3, -0.25) is 0 Å². The summed E-state index contributed by atoms with van der Waals surface area (Å²) in [7, 11) is 0. The van der Waals surface area contributed by atoms with Crippen molar-refractivity contribution in [3.8, 4) is 0 Å². The third-order valence-corrected chi connectivity index (χ3v) is 3.08. The molecule has 1 aromatic rings. The zero-order valence-electron chi connectivity index (χ0n) is 13.3. The molecule has 0 amide bonds. The average Bonchev–Trinajstić information content (AvgIpc) is 2.42. The zero-order chi connectivity index (χ0) is 17.0. The number of carbonyl (C=O) groups is 2. The Morgan fingerprint density at radius 2 is 1.77 bits per heavy atom. The predicted octanol–water partition coefficient (Wildman–Crippen LogP) is 1.72. The summed E-state index contributed by atoms with van der Waals surface area (Å²) in [5, 5.41) is 9.36. The van der Waals surface area contributed by atoms with E-state index in [0.29, 0.717) is 0 Å². The maximum absolute atomic E-state index is 12.2. The number of carboxylic acids is 1. The summed E-state index contributed by atoms with van der Waals surface area (Å²) in [5.41, 5.74) is 3.64. The fourth-order valence-electron chi connectivity index (χ4n) is 1.89. The molecular weight excluding hydrogens is 286 g/mol. The van der Waals surface area contributed by atoms with Gasteiger partial charge in [0.1, 0.15) is 6.61 Å². The number of ether oxygens (including phenoxy) is 2. The largest absolute Gasteiger partial charge is 0.479 e. The van der Waals surface area contributed by atoms with Gasteiger partial charge in [0, 0.05) is 0 Å². The average molecular weight is 309 g/mol. The van der Waals surface area contributed by atoms with Crippen molar-refractivity contribution < 1.29 is 24.2 Å². The lowest BCUT2D eigenvalue weighted by molar-refractivity contribution is -0.175. The molecule has 22 heavy (non-hydrogen) atoms. The lowest BCUT2D eigenvalue weighted by atomic mass is 9.94. The summed E-state index contributed by atoms with van der Waals surface area (Å²) in [6, 6.07) is 8.94. The summed E-state index contributed by atoms with van der Waals surface area (Å²) in [6.07, 6.45) is -1.05. The highest BCUT2D eigenvalue weighted by Crippen LogP contribution is 2.21. The fraction of sp³-hybridized carbons (Fsp3) is 0.500. The van der Waals surface area contributed by atoms with Crippen molar-refractivity contribution in [2.45, 2.75) is 51.5 Å². The molecule has 6 heteroatoms. The summed E-state index contributed by atoms with van der Waals surface area (Å²) in [4.78, 5) is 23.7. The molecule has 0 spiro atoms. The highest BCUT2D eigenvalue weighted by molar-refractivity contribution is 6.04. The number of esters is 1. The van der Waals surface area contributed by atoms with Crippen molar-refractivity contribution >= 4 is 11.9 Å². The molecule has 1 rings (SSSR count). The van der Waals surface area contributed by atoms with Gasteiger partial charge in [0.05, 0.1) is 11.7 Å². The molecular formula is C16H23NO5. The molecule has 0 aliphatic rings. The van der Waals surface area contributed by atoms with Gasteiger partial charge >= 0.3 is 11.9 Å². The second kappa shape index (κ2) is 6.89. The van der Waals surface area contributed by atoms with Crippen LogP contribution in [-0.2, 0) is 25.7 Å². The minimum atomic E-state index is -2.26. The van der Waals surface area contributed by atoms with E-state index < -0.39 is 29.2 Å². The molecule has 1 aromatic carbocycles. The lowest BCUT2D eigenvalue weighted by Crippen LogP contribution is -2.64. The molecule has 0 heterocycles. The Hall–Kier alpha value is -1.92. The van der Waals surface area contributed by atoms with E-state index in [1.54, 1.807) is 45.0 Å². The second-order valence-electron chi connectivity index (χ2n) is 6.11. The Kier molecular flexibility index (Phi) is 5.68. The molecule has 0 saturated heterocycles. The lowest BCUT2D eigenvalue weighted by Gasteiger charge is -2.33. The van der Waals surface area contributed by atoms with Crippen molar-refractivity contribution in [2.75, 3.05) is 0 Å². The Morgan fingerprint density at radius 3 is 2.23 bits per heavy atom. The van der Waals surface area contributed by atoms with E-state index in [1.165, 1.54) is 6.92 Å². The predicted molar refractivity (Wildman–Crippen MR) is 81.1 cm³/mol. The molecule has 0 radical (unpaired) electrons. The normalized spacial score (nSPS) is 15.7. The van der Waals surface area contributed by atoms with Crippen molar-refractivity contribution in [3.05, 3.63) is 35.9 Å². The molecule has 0 bridgehead atoms. The minimum absolute atomic E-state index is 0.0475. The van der Waals surface area contributed by atoms with Gasteiger partial charge in [0.15, 0.2) is 0 Å². The van der Waals surface area contributed by atoms with Crippen LogP contribution in [0.4, 0.5) is 0 Å². The number of rotatable bonds is 6. The monoisotopic (exact) mass is 309 g/mol. The van der Waals surface area contributed by atoms with Crippen molar-refractivity contribution in [3.63, 3.8) is 0 Å². The number of carbonyl (C=O) groups excluding carboxylic acids is 1. The zero-order valence-corrected chi connectivity index (χ0v) is 13.3. The highest BCUT2D eigenvalue weighted by Gasteiger charge is 2.51. The summed E-state index contributed by atoms with van der Waals surface area (Å²) < 4.78 is 10.6. The maximum atomic E-state index is 12.2. The quantitative estimate of drug-likeness (QED) is 0.613. The summed E-state index contributed by atoms with van der Waals surface area (Å²) in [5.74, 6) is -2.51. The van der Waals surface area contributed by atoms with Crippen LogP contribution in [0.25, 0.3) is 0 Å². The number of hydrogen-bond donors (Lipinski definition) is 2. The highest BCUT2D eigenvalue weighted by atomic mass is 16.5. The van der Waals surface area contributed by atoms with E-state index in [0.717, 1.165) is 5.56 Å². The van der Waals surface area contributed by atoms with Crippen LogP contribution < -0.4 is 5.73 Å². The van der Waals surface area contributed by atoms with Crippen LogP contribution >= 0.6 is 0 Å². The number of carboxylic acid groups (broad SMARTS) is 1. The second-order valence-corrected chi connectivity index (χ2v) is 6.11. The van der Waals surface area contributed by atoms with Crippen molar-refractivity contribution in [2.24, 2.45) is 5.73 Å². The van der Waals surface area contributed by atoms with Gasteiger partial charge in [0.25, 0.3) is 0 Å². The Bertz CT molecular complexity index is 523. The first kappa shape index (κ1) is 18.1. The van der Waals surface area contributed by atoms with E-state index in [1.807, 2.05) is 6.07 Å². The molecule has 0 aliphatic heterocycles. The molecule has 2 unspecified atom stereocenters. The molecule has 0 saturated carbocycles. The summed E-state index contributed by atoms with van der Waals surface area (Å²) >= 11 is 0. The number of benzene rings is 1. The Labute approximate surface area is 130 Å². The van der Waals surface area contributed by atoms with Gasteiger partial charge in [-0.2, -0.15) is 0 Å². The van der Waals surface area contributed by atoms with E-state index in [4.69, 9.17) is 15.2 Å². The number of aliphatic carboxylic acids is 1. The van der Waals surface area contributed by atoms with Crippen LogP contribution in [0, 0.1) is 0 Å². The van der Waals surface area contributed by atoms with E-state index in [-0.39, 0.29) is 6.61 Å².